The Labute approximate surface area is 241 Å². The quantitative estimate of drug-likeness (QED) is 0.334. The summed E-state index contributed by atoms with van der Waals surface area (Å²) in [4.78, 5) is 42.0. The lowest BCUT2D eigenvalue weighted by Crippen LogP contribution is -2.85. The van der Waals surface area contributed by atoms with Gasteiger partial charge in [-0.15, -0.1) is 0 Å². The SMILES string of the molecule is C=C1C(=O)[C@]23[C@H](OC(=O)C4CCN(C(=O)OC(C)(C)C)CC4)[C@H]1CC[C@H]2[C@@]12CO[C@@]3(O)[C@@H](O)[C@@H]1C(C)(C)CC[C@@H]2O. The van der Waals surface area contributed by atoms with Crippen LogP contribution in [0.4, 0.5) is 4.79 Å². The van der Waals surface area contributed by atoms with Crippen LogP contribution in [0, 0.1) is 39.9 Å². The molecule has 3 aliphatic heterocycles. The number of esters is 1. The van der Waals surface area contributed by atoms with Gasteiger partial charge in [0.1, 0.15) is 23.2 Å². The third kappa shape index (κ3) is 3.66. The number of hydrogen-bond donors (Lipinski definition) is 3. The molecule has 4 saturated carbocycles. The topological polar surface area (TPSA) is 143 Å². The van der Waals surface area contributed by atoms with Gasteiger partial charge in [-0.3, -0.25) is 9.59 Å². The third-order valence-corrected chi connectivity index (χ3v) is 11.6. The van der Waals surface area contributed by atoms with Crippen LogP contribution in [0.25, 0.3) is 0 Å². The van der Waals surface area contributed by atoms with E-state index in [9.17, 15) is 29.7 Å². The van der Waals surface area contributed by atoms with Gasteiger partial charge in [-0.25, -0.2) is 4.79 Å². The summed E-state index contributed by atoms with van der Waals surface area (Å²) < 4.78 is 17.8. The molecule has 7 fully saturated rings. The first kappa shape index (κ1) is 29.1. The van der Waals surface area contributed by atoms with E-state index < -0.39 is 87.5 Å². The van der Waals surface area contributed by atoms with E-state index in [1.165, 1.54) is 0 Å². The van der Waals surface area contributed by atoms with Crippen molar-refractivity contribution in [3.63, 3.8) is 0 Å². The van der Waals surface area contributed by atoms with Gasteiger partial charge in [-0.2, -0.15) is 0 Å². The molecule has 41 heavy (non-hydrogen) atoms. The highest BCUT2D eigenvalue weighted by molar-refractivity contribution is 6.05. The molecule has 10 nitrogen and oxygen atoms in total. The number of amides is 1. The second-order valence-corrected chi connectivity index (χ2v) is 15.1. The molecule has 3 heterocycles. The normalized spacial score (nSPS) is 45.2. The maximum absolute atomic E-state index is 14.2. The molecule has 0 unspecified atom stereocenters. The number of carbonyl (C=O) groups is 3. The minimum atomic E-state index is -2.28. The van der Waals surface area contributed by atoms with Gasteiger partial charge < -0.3 is 34.4 Å². The van der Waals surface area contributed by atoms with Gasteiger partial charge in [0.2, 0.25) is 5.79 Å². The fourth-order valence-corrected chi connectivity index (χ4v) is 9.88. The maximum Gasteiger partial charge on any atom is 0.410 e. The van der Waals surface area contributed by atoms with Crippen LogP contribution in [-0.4, -0.2) is 87.5 Å². The second kappa shape index (κ2) is 9.00. The molecule has 1 amide bonds. The first-order valence-corrected chi connectivity index (χ1v) is 15.2. The van der Waals surface area contributed by atoms with Crippen LogP contribution in [0.3, 0.4) is 0 Å². The summed E-state index contributed by atoms with van der Waals surface area (Å²) in [6, 6.07) is 0. The smallest absolute Gasteiger partial charge is 0.410 e. The van der Waals surface area contributed by atoms with Crippen molar-refractivity contribution in [2.24, 2.45) is 39.9 Å². The molecule has 3 N–H and O–H groups in total. The average molecular weight is 576 g/mol. The van der Waals surface area contributed by atoms with Crippen molar-refractivity contribution in [3.8, 4) is 0 Å². The van der Waals surface area contributed by atoms with E-state index in [-0.39, 0.29) is 12.2 Å². The Hall–Kier alpha value is -2.01. The number of likely N-dealkylation sites (tertiary alicyclic amines) is 1. The molecule has 3 saturated heterocycles. The maximum atomic E-state index is 14.2. The minimum Gasteiger partial charge on any atom is -0.460 e. The molecular weight excluding hydrogens is 530 g/mol. The van der Waals surface area contributed by atoms with E-state index in [4.69, 9.17) is 14.2 Å². The number of ether oxygens (including phenoxy) is 3. The number of carbonyl (C=O) groups excluding carboxylic acids is 3. The van der Waals surface area contributed by atoms with E-state index in [1.54, 1.807) is 25.7 Å². The molecule has 0 aromatic heterocycles. The third-order valence-electron chi connectivity index (χ3n) is 11.6. The fraction of sp³-hybridized carbons (Fsp3) is 0.839. The molecule has 0 aromatic carbocycles. The van der Waals surface area contributed by atoms with Crippen LogP contribution < -0.4 is 0 Å². The lowest BCUT2D eigenvalue weighted by atomic mass is 9.35. The number of Topliss-reactive ketones (excluding diaryl/α,β-unsaturated/α-hetero) is 1. The van der Waals surface area contributed by atoms with Gasteiger partial charge in [-0.05, 0) is 76.2 Å². The highest BCUT2D eigenvalue weighted by atomic mass is 16.7. The van der Waals surface area contributed by atoms with Crippen molar-refractivity contribution in [1.29, 1.82) is 0 Å². The van der Waals surface area contributed by atoms with Crippen LogP contribution in [0.5, 0.6) is 0 Å². The molecular formula is C31H45NO9. The summed E-state index contributed by atoms with van der Waals surface area (Å²) >= 11 is 0. The number of fused-ring (bicyclic) bond motifs is 2. The number of aliphatic hydroxyl groups is 3. The molecule has 7 aliphatic rings. The standard InChI is InChI=1S/C31H45NO9/c1-16-18-7-8-19-29-15-39-31(38,23(35)21(29)28(5,6)12-9-20(29)33)30(19,22(16)34)24(18)40-25(36)17-10-13-32(14-11-17)26(37)41-27(2,3)4/h17-21,23-24,33,35,38H,1,7-15H2,2-6H3/t18-,19-,20-,21+,23-,24+,29+,30-,31-/m0/s1. The number of ketones is 1. The van der Waals surface area contributed by atoms with E-state index >= 15 is 0 Å². The lowest BCUT2D eigenvalue weighted by Gasteiger charge is -2.74. The Bertz CT molecular complexity index is 1170. The van der Waals surface area contributed by atoms with E-state index in [0.29, 0.717) is 51.6 Å². The van der Waals surface area contributed by atoms with E-state index in [1.807, 2.05) is 13.8 Å². The summed E-state index contributed by atoms with van der Waals surface area (Å²) in [6.45, 7) is 14.2. The van der Waals surface area contributed by atoms with Crippen LogP contribution in [0.1, 0.15) is 73.1 Å². The number of rotatable bonds is 2. The first-order valence-electron chi connectivity index (χ1n) is 15.2. The van der Waals surface area contributed by atoms with Gasteiger partial charge in [0.15, 0.2) is 5.78 Å². The Morgan fingerprint density at radius 2 is 1.73 bits per heavy atom. The number of hydrogen-bond acceptors (Lipinski definition) is 9. The van der Waals surface area contributed by atoms with Gasteiger partial charge in [0.25, 0.3) is 0 Å². The van der Waals surface area contributed by atoms with Crippen molar-refractivity contribution in [2.75, 3.05) is 19.7 Å². The van der Waals surface area contributed by atoms with Gasteiger partial charge in [0, 0.05) is 30.3 Å². The van der Waals surface area contributed by atoms with Crippen molar-refractivity contribution in [1.82, 2.24) is 4.90 Å². The zero-order valence-corrected chi connectivity index (χ0v) is 24.9. The molecule has 7 rings (SSSR count). The van der Waals surface area contributed by atoms with Crippen molar-refractivity contribution < 1.29 is 43.9 Å². The highest BCUT2D eigenvalue weighted by Gasteiger charge is 2.87. The summed E-state index contributed by atoms with van der Waals surface area (Å²) in [7, 11) is 0. The number of nitrogens with zero attached hydrogens (tertiary/aromatic N) is 1. The van der Waals surface area contributed by atoms with Gasteiger partial charge in [0.05, 0.1) is 18.6 Å². The fourth-order valence-electron chi connectivity index (χ4n) is 9.88. The number of aliphatic hydroxyl groups excluding tert-OH is 2. The summed E-state index contributed by atoms with van der Waals surface area (Å²) in [5.74, 6) is -5.27. The van der Waals surface area contributed by atoms with Crippen molar-refractivity contribution in [3.05, 3.63) is 12.2 Å². The lowest BCUT2D eigenvalue weighted by molar-refractivity contribution is -0.458. The zero-order chi connectivity index (χ0) is 29.9. The monoisotopic (exact) mass is 575 g/mol. The predicted octanol–water partition coefficient (Wildman–Crippen LogP) is 2.57. The van der Waals surface area contributed by atoms with E-state index in [2.05, 4.69) is 6.58 Å². The molecule has 0 aromatic rings. The summed E-state index contributed by atoms with van der Waals surface area (Å²) in [6.07, 6.45) is -0.814. The largest absolute Gasteiger partial charge is 0.460 e. The predicted molar refractivity (Wildman–Crippen MR) is 145 cm³/mol. The van der Waals surface area contributed by atoms with Crippen molar-refractivity contribution in [2.45, 2.75) is 103 Å². The van der Waals surface area contributed by atoms with Crippen LogP contribution in [-0.2, 0) is 23.8 Å². The van der Waals surface area contributed by atoms with E-state index in [0.717, 1.165) is 0 Å². The Balaban J connectivity index is 1.31. The Morgan fingerprint density at radius 1 is 1.07 bits per heavy atom. The average Bonchev–Trinajstić information content (AvgIpc) is 3.01. The van der Waals surface area contributed by atoms with Crippen LogP contribution in [0.15, 0.2) is 12.2 Å². The van der Waals surface area contributed by atoms with Crippen LogP contribution in [0.2, 0.25) is 0 Å². The summed E-state index contributed by atoms with van der Waals surface area (Å²) in [5.41, 5.74) is -3.48. The number of piperidine rings is 1. The molecule has 10 heteroatoms. The first-order chi connectivity index (χ1) is 19.0. The Morgan fingerprint density at radius 3 is 2.37 bits per heavy atom. The van der Waals surface area contributed by atoms with Gasteiger partial charge >= 0.3 is 12.1 Å². The minimum absolute atomic E-state index is 0.0243. The van der Waals surface area contributed by atoms with Gasteiger partial charge in [-0.1, -0.05) is 20.4 Å². The molecule has 9 atom stereocenters. The highest BCUT2D eigenvalue weighted by Crippen LogP contribution is 2.76. The zero-order valence-electron chi connectivity index (χ0n) is 24.9. The molecule has 4 bridgehead atoms. The molecule has 0 radical (unpaired) electrons. The van der Waals surface area contributed by atoms with Crippen LogP contribution >= 0.6 is 0 Å². The second-order valence-electron chi connectivity index (χ2n) is 15.1. The van der Waals surface area contributed by atoms with Crippen molar-refractivity contribution >= 4 is 17.8 Å². The molecule has 2 spiro atoms. The molecule has 228 valence electrons. The Kier molecular flexibility index (Phi) is 6.38. The molecule has 4 aliphatic carbocycles. The summed E-state index contributed by atoms with van der Waals surface area (Å²) in [5, 5.41) is 35.8.